The standard InChI is InChI=1S/C25H23NO5/c27-25(28)24(31-21-6-2-1-3-7-21)18-19-10-12-20(13-11-19)29-16-14-26-15-17-30-23-9-5-4-8-22(23)26/h1-13,18H,14-17H2,(H,27,28)/b24-18-. The molecule has 0 radical (unpaired) electrons. The van der Waals surface area contributed by atoms with E-state index in [2.05, 4.69) is 4.90 Å². The van der Waals surface area contributed by atoms with Crippen molar-refractivity contribution in [1.29, 1.82) is 0 Å². The fraction of sp³-hybridized carbons (Fsp3) is 0.160. The Morgan fingerprint density at radius 1 is 0.968 bits per heavy atom. The molecule has 3 aromatic rings. The van der Waals surface area contributed by atoms with Crippen LogP contribution in [0.15, 0.2) is 84.6 Å². The number of fused-ring (bicyclic) bond motifs is 1. The molecular weight excluding hydrogens is 394 g/mol. The highest BCUT2D eigenvalue weighted by Gasteiger charge is 2.17. The SMILES string of the molecule is O=C(O)/C(=C/c1ccc(OCCN2CCOc3ccccc32)cc1)Oc1ccccc1. The molecule has 0 spiro atoms. The molecule has 1 aliphatic rings. The lowest BCUT2D eigenvalue weighted by Gasteiger charge is -2.31. The van der Waals surface area contributed by atoms with Gasteiger partial charge in [0.15, 0.2) is 0 Å². The molecule has 1 heterocycles. The molecule has 3 aromatic carbocycles. The molecule has 0 bridgehead atoms. The largest absolute Gasteiger partial charge is 0.492 e. The number of hydrogen-bond donors (Lipinski definition) is 1. The summed E-state index contributed by atoms with van der Waals surface area (Å²) in [5, 5.41) is 9.43. The van der Waals surface area contributed by atoms with Crippen molar-refractivity contribution < 1.29 is 24.1 Å². The van der Waals surface area contributed by atoms with E-state index in [9.17, 15) is 9.90 Å². The molecule has 0 saturated carbocycles. The average molecular weight is 417 g/mol. The van der Waals surface area contributed by atoms with E-state index in [1.165, 1.54) is 6.08 Å². The van der Waals surface area contributed by atoms with Gasteiger partial charge in [-0.2, -0.15) is 0 Å². The van der Waals surface area contributed by atoms with Gasteiger partial charge < -0.3 is 24.2 Å². The normalized spacial score (nSPS) is 13.2. The molecule has 0 saturated heterocycles. The maximum atomic E-state index is 11.5. The summed E-state index contributed by atoms with van der Waals surface area (Å²) in [5.74, 6) is 0.818. The fourth-order valence-corrected chi connectivity index (χ4v) is 3.29. The minimum atomic E-state index is -1.13. The van der Waals surface area contributed by atoms with Crippen LogP contribution in [-0.4, -0.2) is 37.4 Å². The third-order valence-corrected chi connectivity index (χ3v) is 4.81. The maximum Gasteiger partial charge on any atom is 0.371 e. The van der Waals surface area contributed by atoms with Gasteiger partial charge in [-0.05, 0) is 48.0 Å². The zero-order chi connectivity index (χ0) is 21.5. The van der Waals surface area contributed by atoms with Crippen molar-refractivity contribution in [2.24, 2.45) is 0 Å². The molecule has 6 nitrogen and oxygen atoms in total. The highest BCUT2D eigenvalue weighted by Crippen LogP contribution is 2.30. The van der Waals surface area contributed by atoms with Gasteiger partial charge in [-0.15, -0.1) is 0 Å². The molecule has 31 heavy (non-hydrogen) atoms. The van der Waals surface area contributed by atoms with Gasteiger partial charge in [0.1, 0.15) is 30.5 Å². The van der Waals surface area contributed by atoms with Crippen LogP contribution in [0.2, 0.25) is 0 Å². The molecule has 6 heteroatoms. The van der Waals surface area contributed by atoms with Crippen LogP contribution >= 0.6 is 0 Å². The first-order valence-corrected chi connectivity index (χ1v) is 10.1. The Hall–Kier alpha value is -3.93. The second-order valence-corrected chi connectivity index (χ2v) is 6.95. The van der Waals surface area contributed by atoms with Crippen LogP contribution in [0.1, 0.15) is 5.56 Å². The van der Waals surface area contributed by atoms with Crippen molar-refractivity contribution in [3.05, 3.63) is 90.2 Å². The van der Waals surface area contributed by atoms with Crippen LogP contribution in [0.5, 0.6) is 17.2 Å². The lowest BCUT2D eigenvalue weighted by atomic mass is 10.2. The van der Waals surface area contributed by atoms with Gasteiger partial charge >= 0.3 is 5.97 Å². The number of anilines is 1. The van der Waals surface area contributed by atoms with Crippen LogP contribution in [0, 0.1) is 0 Å². The number of nitrogens with zero attached hydrogens (tertiary/aromatic N) is 1. The second kappa shape index (κ2) is 9.71. The Kier molecular flexibility index (Phi) is 6.38. The summed E-state index contributed by atoms with van der Waals surface area (Å²) in [6.07, 6.45) is 1.49. The Balaban J connectivity index is 1.35. The van der Waals surface area contributed by atoms with Crippen LogP contribution in [0.3, 0.4) is 0 Å². The van der Waals surface area contributed by atoms with E-state index < -0.39 is 5.97 Å². The second-order valence-electron chi connectivity index (χ2n) is 6.95. The number of benzene rings is 3. The highest BCUT2D eigenvalue weighted by molar-refractivity contribution is 5.90. The number of carbonyl (C=O) groups is 1. The number of carboxylic acid groups (broad SMARTS) is 1. The molecule has 0 aliphatic carbocycles. The van der Waals surface area contributed by atoms with E-state index >= 15 is 0 Å². The molecule has 158 valence electrons. The molecule has 0 atom stereocenters. The first kappa shape index (κ1) is 20.3. The van der Waals surface area contributed by atoms with Crippen molar-refractivity contribution >= 4 is 17.7 Å². The Morgan fingerprint density at radius 2 is 1.71 bits per heavy atom. The van der Waals surface area contributed by atoms with Gasteiger partial charge in [0, 0.05) is 0 Å². The Morgan fingerprint density at radius 3 is 2.48 bits per heavy atom. The Labute approximate surface area is 180 Å². The van der Waals surface area contributed by atoms with Gasteiger partial charge in [-0.3, -0.25) is 0 Å². The number of hydrogen-bond acceptors (Lipinski definition) is 5. The third-order valence-electron chi connectivity index (χ3n) is 4.81. The molecule has 0 fully saturated rings. The van der Waals surface area contributed by atoms with Crippen molar-refractivity contribution in [2.45, 2.75) is 0 Å². The molecule has 0 aromatic heterocycles. The van der Waals surface area contributed by atoms with Crippen molar-refractivity contribution in [1.82, 2.24) is 0 Å². The van der Waals surface area contributed by atoms with Gasteiger partial charge in [0.05, 0.1) is 18.8 Å². The Bertz CT molecular complexity index is 1050. The lowest BCUT2D eigenvalue weighted by Crippen LogP contribution is -2.35. The van der Waals surface area contributed by atoms with E-state index in [-0.39, 0.29) is 5.76 Å². The van der Waals surface area contributed by atoms with Gasteiger partial charge in [-0.1, -0.05) is 42.5 Å². The average Bonchev–Trinajstić information content (AvgIpc) is 2.80. The molecule has 1 N–H and O–H groups in total. The minimum Gasteiger partial charge on any atom is -0.492 e. The predicted molar refractivity (Wildman–Crippen MR) is 119 cm³/mol. The fourth-order valence-electron chi connectivity index (χ4n) is 3.29. The molecule has 1 aliphatic heterocycles. The van der Waals surface area contributed by atoms with Crippen LogP contribution < -0.4 is 19.1 Å². The highest BCUT2D eigenvalue weighted by atomic mass is 16.5. The molecule has 0 amide bonds. The first-order valence-electron chi connectivity index (χ1n) is 10.1. The van der Waals surface area contributed by atoms with Gasteiger partial charge in [0.25, 0.3) is 0 Å². The third kappa shape index (κ3) is 5.36. The summed E-state index contributed by atoms with van der Waals surface area (Å²) in [4.78, 5) is 13.8. The first-order chi connectivity index (χ1) is 15.2. The maximum absolute atomic E-state index is 11.5. The van der Waals surface area contributed by atoms with Crippen LogP contribution in [0.4, 0.5) is 5.69 Å². The lowest BCUT2D eigenvalue weighted by molar-refractivity contribution is -0.134. The van der Waals surface area contributed by atoms with E-state index in [4.69, 9.17) is 14.2 Å². The van der Waals surface area contributed by atoms with Crippen LogP contribution in [-0.2, 0) is 4.79 Å². The summed E-state index contributed by atoms with van der Waals surface area (Å²) >= 11 is 0. The summed E-state index contributed by atoms with van der Waals surface area (Å²) in [7, 11) is 0. The number of para-hydroxylation sites is 3. The summed E-state index contributed by atoms with van der Waals surface area (Å²) in [5.41, 5.74) is 1.79. The van der Waals surface area contributed by atoms with E-state index in [0.29, 0.717) is 24.5 Å². The summed E-state index contributed by atoms with van der Waals surface area (Å²) in [6.45, 7) is 2.76. The van der Waals surface area contributed by atoms with Crippen LogP contribution in [0.25, 0.3) is 6.08 Å². The topological polar surface area (TPSA) is 68.2 Å². The molecular formula is C25H23NO5. The van der Waals surface area contributed by atoms with E-state index in [1.54, 1.807) is 36.4 Å². The number of aliphatic carboxylic acids is 1. The predicted octanol–water partition coefficient (Wildman–Crippen LogP) is 4.47. The summed E-state index contributed by atoms with van der Waals surface area (Å²) in [6, 6.07) is 24.1. The van der Waals surface area contributed by atoms with Crippen molar-refractivity contribution in [3.63, 3.8) is 0 Å². The van der Waals surface area contributed by atoms with Gasteiger partial charge in [-0.25, -0.2) is 4.79 Å². The number of ether oxygens (including phenoxy) is 3. The van der Waals surface area contributed by atoms with E-state index in [0.717, 1.165) is 30.3 Å². The number of rotatable bonds is 8. The monoisotopic (exact) mass is 417 g/mol. The van der Waals surface area contributed by atoms with E-state index in [1.807, 2.05) is 42.5 Å². The van der Waals surface area contributed by atoms with Crippen molar-refractivity contribution in [2.75, 3.05) is 31.2 Å². The smallest absolute Gasteiger partial charge is 0.371 e. The zero-order valence-corrected chi connectivity index (χ0v) is 16.9. The zero-order valence-electron chi connectivity index (χ0n) is 16.9. The molecule has 0 unspecified atom stereocenters. The molecule has 4 rings (SSSR count). The number of carboxylic acids is 1. The quantitative estimate of drug-likeness (QED) is 0.431. The van der Waals surface area contributed by atoms with Crippen molar-refractivity contribution in [3.8, 4) is 17.2 Å². The minimum absolute atomic E-state index is 0.147. The van der Waals surface area contributed by atoms with Gasteiger partial charge in [0.2, 0.25) is 5.76 Å². The summed E-state index contributed by atoms with van der Waals surface area (Å²) < 4.78 is 17.0.